The molecule has 1 atom stereocenters. The minimum absolute atomic E-state index is 0.0912. The van der Waals surface area contributed by atoms with Crippen LogP contribution in [0.1, 0.15) is 36.2 Å². The zero-order valence-corrected chi connectivity index (χ0v) is 16.0. The molecule has 6 heteroatoms. The summed E-state index contributed by atoms with van der Waals surface area (Å²) in [7, 11) is 3.48. The van der Waals surface area contributed by atoms with E-state index < -0.39 is 0 Å². The van der Waals surface area contributed by atoms with Crippen LogP contribution in [0.3, 0.4) is 0 Å². The van der Waals surface area contributed by atoms with Crippen LogP contribution >= 0.6 is 0 Å². The molecule has 0 aliphatic carbocycles. The van der Waals surface area contributed by atoms with Crippen LogP contribution < -0.4 is 5.32 Å². The summed E-state index contributed by atoms with van der Waals surface area (Å²) < 4.78 is 2.10. The van der Waals surface area contributed by atoms with Crippen molar-refractivity contribution in [3.05, 3.63) is 53.3 Å². The maximum Gasteiger partial charge on any atom is 0.317 e. The van der Waals surface area contributed by atoms with Crippen LogP contribution in [0.4, 0.5) is 4.79 Å². The molecule has 1 aliphatic heterocycles. The predicted molar refractivity (Wildman–Crippen MR) is 103 cm³/mol. The lowest BCUT2D eigenvalue weighted by Gasteiger charge is -2.24. The number of aromatic nitrogens is 2. The number of nitrogens with one attached hydrogen (secondary N) is 1. The largest absolute Gasteiger partial charge is 0.332 e. The molecule has 0 spiro atoms. The van der Waals surface area contributed by atoms with Crippen LogP contribution in [-0.2, 0) is 19.6 Å². The fourth-order valence-corrected chi connectivity index (χ4v) is 3.43. The average molecular weight is 355 g/mol. The van der Waals surface area contributed by atoms with Crippen molar-refractivity contribution in [2.75, 3.05) is 27.2 Å². The molecule has 0 saturated carbocycles. The second kappa shape index (κ2) is 8.36. The Labute approximate surface area is 155 Å². The van der Waals surface area contributed by atoms with E-state index in [0.29, 0.717) is 12.5 Å². The lowest BCUT2D eigenvalue weighted by molar-refractivity contribution is 0.217. The second-order valence-electron chi connectivity index (χ2n) is 7.30. The zero-order chi connectivity index (χ0) is 18.5. The first-order valence-electron chi connectivity index (χ1n) is 9.31. The van der Waals surface area contributed by atoms with E-state index in [9.17, 15) is 4.79 Å². The third-order valence-corrected chi connectivity index (χ3v) is 4.87. The molecule has 1 N–H and O–H groups in total. The SMILES string of the molecule is CC(CN1CCCn2nc(CNC(=O)N(C)C)cc2C1)c1ccccc1. The van der Waals surface area contributed by atoms with Crippen LogP contribution in [0.15, 0.2) is 36.4 Å². The average Bonchev–Trinajstić information content (AvgIpc) is 2.92. The minimum Gasteiger partial charge on any atom is -0.332 e. The molecule has 3 rings (SSSR count). The molecule has 1 unspecified atom stereocenters. The molecule has 0 fully saturated rings. The predicted octanol–water partition coefficient (Wildman–Crippen LogP) is 2.66. The van der Waals surface area contributed by atoms with Crippen LogP contribution in [-0.4, -0.2) is 52.8 Å². The molecular weight excluding hydrogens is 326 g/mol. The molecule has 0 saturated heterocycles. The standard InChI is InChI=1S/C20H29N5O/c1-16(17-8-5-4-6-9-17)14-24-10-7-11-25-19(15-24)12-18(22-25)13-21-20(26)23(2)3/h4-6,8-9,12,16H,7,10-11,13-15H2,1-3H3,(H,21,26). The minimum atomic E-state index is -0.0912. The molecule has 6 nitrogen and oxygen atoms in total. The Morgan fingerprint density at radius 3 is 2.77 bits per heavy atom. The Bertz CT molecular complexity index is 725. The van der Waals surface area contributed by atoms with Gasteiger partial charge in [-0.05, 0) is 24.0 Å². The van der Waals surface area contributed by atoms with Crippen molar-refractivity contribution in [1.29, 1.82) is 0 Å². The molecule has 1 aliphatic rings. The number of carbonyl (C=O) groups excluding carboxylic acids is 1. The Balaban J connectivity index is 1.61. The zero-order valence-electron chi connectivity index (χ0n) is 16.0. The van der Waals surface area contributed by atoms with Gasteiger partial charge >= 0.3 is 6.03 Å². The van der Waals surface area contributed by atoms with Gasteiger partial charge in [0.15, 0.2) is 0 Å². The van der Waals surface area contributed by atoms with Crippen molar-refractivity contribution in [3.8, 4) is 0 Å². The highest BCUT2D eigenvalue weighted by Gasteiger charge is 2.19. The number of carbonyl (C=O) groups is 1. The van der Waals surface area contributed by atoms with Gasteiger partial charge in [-0.25, -0.2) is 4.79 Å². The van der Waals surface area contributed by atoms with E-state index in [2.05, 4.69) is 63.3 Å². The maximum absolute atomic E-state index is 11.7. The van der Waals surface area contributed by atoms with Gasteiger partial charge in [-0.2, -0.15) is 5.10 Å². The van der Waals surface area contributed by atoms with E-state index in [-0.39, 0.29) is 6.03 Å². The summed E-state index contributed by atoms with van der Waals surface area (Å²) in [5, 5.41) is 7.56. The normalized spacial score (nSPS) is 15.8. The van der Waals surface area contributed by atoms with Crippen molar-refractivity contribution in [2.45, 2.75) is 38.9 Å². The Morgan fingerprint density at radius 2 is 2.04 bits per heavy atom. The Hall–Kier alpha value is -2.34. The summed E-state index contributed by atoms with van der Waals surface area (Å²) in [6.07, 6.45) is 1.10. The third kappa shape index (κ3) is 4.64. The maximum atomic E-state index is 11.7. The van der Waals surface area contributed by atoms with Crippen LogP contribution in [0.5, 0.6) is 0 Å². The molecule has 2 aromatic rings. The molecule has 2 heterocycles. The van der Waals surface area contributed by atoms with Gasteiger partial charge in [-0.15, -0.1) is 0 Å². The van der Waals surface area contributed by atoms with Crippen molar-refractivity contribution in [2.24, 2.45) is 0 Å². The van der Waals surface area contributed by atoms with Crippen molar-refractivity contribution in [1.82, 2.24) is 24.9 Å². The molecular formula is C20H29N5O. The number of nitrogens with zero attached hydrogens (tertiary/aromatic N) is 4. The van der Waals surface area contributed by atoms with Crippen LogP contribution in [0.2, 0.25) is 0 Å². The molecule has 1 aromatic heterocycles. The molecule has 0 bridgehead atoms. The first-order chi connectivity index (χ1) is 12.5. The number of hydrogen-bond donors (Lipinski definition) is 1. The van der Waals surface area contributed by atoms with E-state index in [1.165, 1.54) is 16.2 Å². The van der Waals surface area contributed by atoms with Gasteiger partial charge in [0.1, 0.15) is 0 Å². The number of amides is 2. The van der Waals surface area contributed by atoms with Gasteiger partial charge in [0.25, 0.3) is 0 Å². The van der Waals surface area contributed by atoms with Gasteiger partial charge in [-0.3, -0.25) is 9.58 Å². The first kappa shape index (κ1) is 18.5. The summed E-state index contributed by atoms with van der Waals surface area (Å²) >= 11 is 0. The number of aryl methyl sites for hydroxylation is 1. The summed E-state index contributed by atoms with van der Waals surface area (Å²) in [5.41, 5.74) is 3.54. The lowest BCUT2D eigenvalue weighted by atomic mass is 10.0. The summed E-state index contributed by atoms with van der Waals surface area (Å²) in [4.78, 5) is 15.7. The van der Waals surface area contributed by atoms with Gasteiger partial charge in [-0.1, -0.05) is 37.3 Å². The van der Waals surface area contributed by atoms with Gasteiger partial charge in [0.05, 0.1) is 17.9 Å². The fourth-order valence-electron chi connectivity index (χ4n) is 3.43. The van der Waals surface area contributed by atoms with Gasteiger partial charge in [0.2, 0.25) is 0 Å². The number of fused-ring (bicyclic) bond motifs is 1. The summed E-state index contributed by atoms with van der Waals surface area (Å²) in [6, 6.07) is 12.7. The van der Waals surface area contributed by atoms with Crippen molar-refractivity contribution >= 4 is 6.03 Å². The summed E-state index contributed by atoms with van der Waals surface area (Å²) in [6.45, 7) is 6.74. The highest BCUT2D eigenvalue weighted by Crippen LogP contribution is 2.20. The topological polar surface area (TPSA) is 53.4 Å². The molecule has 140 valence electrons. The van der Waals surface area contributed by atoms with E-state index in [4.69, 9.17) is 0 Å². The number of rotatable bonds is 5. The van der Waals surface area contributed by atoms with E-state index in [1.54, 1.807) is 14.1 Å². The second-order valence-corrected chi connectivity index (χ2v) is 7.30. The molecule has 26 heavy (non-hydrogen) atoms. The smallest absolute Gasteiger partial charge is 0.317 e. The van der Waals surface area contributed by atoms with Gasteiger partial charge < -0.3 is 10.2 Å². The van der Waals surface area contributed by atoms with Crippen molar-refractivity contribution in [3.63, 3.8) is 0 Å². The monoisotopic (exact) mass is 355 g/mol. The Morgan fingerprint density at radius 1 is 1.27 bits per heavy atom. The number of benzene rings is 1. The lowest BCUT2D eigenvalue weighted by Crippen LogP contribution is -2.34. The number of hydrogen-bond acceptors (Lipinski definition) is 3. The first-order valence-corrected chi connectivity index (χ1v) is 9.31. The van der Waals surface area contributed by atoms with Crippen molar-refractivity contribution < 1.29 is 4.79 Å². The molecule has 1 aromatic carbocycles. The van der Waals surface area contributed by atoms with E-state index >= 15 is 0 Å². The highest BCUT2D eigenvalue weighted by molar-refractivity contribution is 5.73. The van der Waals surface area contributed by atoms with E-state index in [0.717, 1.165) is 38.3 Å². The van der Waals surface area contributed by atoms with Crippen LogP contribution in [0.25, 0.3) is 0 Å². The highest BCUT2D eigenvalue weighted by atomic mass is 16.2. The van der Waals surface area contributed by atoms with E-state index in [1.807, 2.05) is 0 Å². The molecule has 0 radical (unpaired) electrons. The quantitative estimate of drug-likeness (QED) is 0.897. The summed E-state index contributed by atoms with van der Waals surface area (Å²) in [5.74, 6) is 0.504. The third-order valence-electron chi connectivity index (χ3n) is 4.87. The number of urea groups is 1. The Kier molecular flexibility index (Phi) is 5.93. The molecule has 2 amide bonds. The van der Waals surface area contributed by atoms with Gasteiger partial charge in [0, 0.05) is 40.3 Å². The van der Waals surface area contributed by atoms with Crippen LogP contribution in [0, 0.1) is 0 Å². The fraction of sp³-hybridized carbons (Fsp3) is 0.500.